The minimum absolute atomic E-state index is 0.00112. The first-order valence-corrected chi connectivity index (χ1v) is 12.6. The van der Waals surface area contributed by atoms with Gasteiger partial charge in [0.25, 0.3) is 0 Å². The summed E-state index contributed by atoms with van der Waals surface area (Å²) >= 11 is 0. The van der Waals surface area contributed by atoms with E-state index in [2.05, 4.69) is 89.6 Å². The van der Waals surface area contributed by atoms with Gasteiger partial charge in [-0.1, -0.05) is 12.1 Å². The van der Waals surface area contributed by atoms with E-state index >= 15 is 0 Å². The molecule has 2 aliphatic rings. The molecule has 2 aliphatic heterocycles. The molecule has 0 aliphatic carbocycles. The molecule has 2 heterocycles. The van der Waals surface area contributed by atoms with Gasteiger partial charge in [0.05, 0.1) is 13.2 Å². The van der Waals surface area contributed by atoms with Gasteiger partial charge in [0.2, 0.25) is 0 Å². The van der Waals surface area contributed by atoms with Crippen molar-refractivity contribution in [3.05, 3.63) is 29.8 Å². The molecule has 2 N–H and O–H groups in total. The summed E-state index contributed by atoms with van der Waals surface area (Å²) in [6.45, 7) is 24.9. The fraction of sp³-hybridized carbons (Fsp3) is 0.786. The van der Waals surface area contributed by atoms with Crippen LogP contribution in [0.5, 0.6) is 5.75 Å². The molecule has 0 spiro atoms. The van der Waals surface area contributed by atoms with Crippen LogP contribution < -0.4 is 10.1 Å². The first-order valence-electron chi connectivity index (χ1n) is 12.6. The first-order chi connectivity index (χ1) is 15.0. The Morgan fingerprint density at radius 2 is 1.30 bits per heavy atom. The van der Waals surface area contributed by atoms with Gasteiger partial charge in [0, 0.05) is 60.2 Å². The van der Waals surface area contributed by atoms with Crippen molar-refractivity contribution in [3.63, 3.8) is 0 Å². The molecule has 188 valence electrons. The van der Waals surface area contributed by atoms with Gasteiger partial charge >= 0.3 is 0 Å². The predicted octanol–water partition coefficient (Wildman–Crippen LogP) is 4.19. The number of piperidine rings is 2. The average Bonchev–Trinajstić information content (AvgIpc) is 2.66. The Hall–Kier alpha value is -1.14. The van der Waals surface area contributed by atoms with Crippen LogP contribution in [0.3, 0.4) is 0 Å². The zero-order chi connectivity index (χ0) is 24.9. The number of methoxy groups -OCH3 is 1. The molecule has 0 amide bonds. The van der Waals surface area contributed by atoms with Crippen LogP contribution in [0.15, 0.2) is 24.3 Å². The molecule has 2 fully saturated rings. The first kappa shape index (κ1) is 26.5. The van der Waals surface area contributed by atoms with Crippen LogP contribution in [0.25, 0.3) is 0 Å². The van der Waals surface area contributed by atoms with Gasteiger partial charge in [-0.05, 0) is 86.4 Å². The van der Waals surface area contributed by atoms with E-state index < -0.39 is 0 Å². The highest BCUT2D eigenvalue weighted by Gasteiger charge is 2.61. The molecule has 1 unspecified atom stereocenters. The number of hydrogen-bond donors (Lipinski definition) is 2. The van der Waals surface area contributed by atoms with Crippen LogP contribution in [0, 0.1) is 10.8 Å². The van der Waals surface area contributed by atoms with E-state index in [1.807, 2.05) is 12.1 Å². The van der Waals surface area contributed by atoms with Crippen LogP contribution in [0.1, 0.15) is 67.9 Å². The molecule has 1 aromatic carbocycles. The Kier molecular flexibility index (Phi) is 7.07. The summed E-state index contributed by atoms with van der Waals surface area (Å²) in [5, 5.41) is 16.0. The monoisotopic (exact) mass is 459 g/mol. The fourth-order valence-electron chi connectivity index (χ4n) is 5.68. The van der Waals surface area contributed by atoms with Gasteiger partial charge in [-0.25, -0.2) is 0 Å². The summed E-state index contributed by atoms with van der Waals surface area (Å²) in [6.07, 6.45) is 0.480. The molecule has 0 saturated carbocycles. The number of hydrogen-bond acceptors (Lipinski definition) is 5. The lowest BCUT2D eigenvalue weighted by molar-refractivity contribution is -0.211. The molecule has 3 rings (SSSR count). The number of fused-ring (bicyclic) bond motifs is 2. The summed E-state index contributed by atoms with van der Waals surface area (Å²) in [7, 11) is 1.71. The summed E-state index contributed by atoms with van der Waals surface area (Å²) in [5.74, 6) is 0.875. The van der Waals surface area contributed by atoms with Gasteiger partial charge < -0.3 is 15.2 Å². The number of rotatable bonds is 5. The Morgan fingerprint density at radius 1 is 0.848 bits per heavy atom. The van der Waals surface area contributed by atoms with Gasteiger partial charge in [-0.3, -0.25) is 9.80 Å². The van der Waals surface area contributed by atoms with E-state index in [0.717, 1.165) is 44.9 Å². The smallest absolute Gasteiger partial charge is 0.118 e. The molecule has 1 aromatic rings. The largest absolute Gasteiger partial charge is 0.497 e. The maximum absolute atomic E-state index is 12.2. The van der Waals surface area contributed by atoms with Gasteiger partial charge in [-0.2, -0.15) is 0 Å². The van der Waals surface area contributed by atoms with Crippen molar-refractivity contribution in [2.24, 2.45) is 10.8 Å². The van der Waals surface area contributed by atoms with Gasteiger partial charge in [0.1, 0.15) is 5.75 Å². The summed E-state index contributed by atoms with van der Waals surface area (Å²) in [4.78, 5) is 5.27. The van der Waals surface area contributed by atoms with Crippen LogP contribution in [0.4, 0.5) is 0 Å². The topological polar surface area (TPSA) is 48.0 Å². The Bertz CT molecular complexity index is 772. The van der Waals surface area contributed by atoms with Crippen LogP contribution in [-0.2, 0) is 6.42 Å². The number of ether oxygens (including phenoxy) is 1. The van der Waals surface area contributed by atoms with E-state index in [0.29, 0.717) is 0 Å². The molecular weight excluding hydrogens is 410 g/mol. The van der Waals surface area contributed by atoms with Crippen molar-refractivity contribution in [1.29, 1.82) is 0 Å². The zero-order valence-corrected chi connectivity index (χ0v) is 22.9. The van der Waals surface area contributed by atoms with E-state index in [9.17, 15) is 5.11 Å². The molecule has 5 nitrogen and oxygen atoms in total. The number of likely N-dealkylation sites (tertiary alicyclic amines) is 2. The lowest BCUT2D eigenvalue weighted by Gasteiger charge is -2.66. The Morgan fingerprint density at radius 3 is 1.70 bits per heavy atom. The molecule has 1 atom stereocenters. The highest BCUT2D eigenvalue weighted by molar-refractivity contribution is 5.29. The van der Waals surface area contributed by atoms with E-state index in [1.54, 1.807) is 7.11 Å². The Labute approximate surface area is 202 Å². The lowest BCUT2D eigenvalue weighted by atomic mass is 9.58. The summed E-state index contributed by atoms with van der Waals surface area (Å²) in [5.41, 5.74) is 0.868. The quantitative estimate of drug-likeness (QED) is 0.692. The van der Waals surface area contributed by atoms with E-state index in [-0.39, 0.29) is 33.6 Å². The summed E-state index contributed by atoms with van der Waals surface area (Å²) < 4.78 is 5.39. The minimum Gasteiger partial charge on any atom is -0.497 e. The maximum Gasteiger partial charge on any atom is 0.118 e. The molecule has 0 aromatic heterocycles. The third-order valence-electron chi connectivity index (χ3n) is 7.77. The normalized spacial score (nSPS) is 29.8. The van der Waals surface area contributed by atoms with Crippen molar-refractivity contribution in [2.75, 3.05) is 39.8 Å². The second-order valence-electron chi connectivity index (χ2n) is 13.8. The summed E-state index contributed by atoms with van der Waals surface area (Å²) in [6, 6.07) is 8.42. The number of nitrogens with zero attached hydrogens (tertiary/aromatic N) is 2. The van der Waals surface area contributed by atoms with Crippen LogP contribution in [-0.4, -0.2) is 77.5 Å². The molecule has 33 heavy (non-hydrogen) atoms. The molecular formula is C28H49N3O2. The third-order valence-corrected chi connectivity index (χ3v) is 7.77. The predicted molar refractivity (Wildman–Crippen MR) is 138 cm³/mol. The zero-order valence-electron chi connectivity index (χ0n) is 22.9. The maximum atomic E-state index is 12.2. The van der Waals surface area contributed by atoms with Crippen LogP contribution in [0.2, 0.25) is 0 Å². The number of benzene rings is 1. The van der Waals surface area contributed by atoms with Crippen LogP contribution >= 0.6 is 0 Å². The number of aliphatic hydroxyl groups is 1. The van der Waals surface area contributed by atoms with Crippen molar-refractivity contribution in [1.82, 2.24) is 15.1 Å². The Balaban J connectivity index is 2.08. The van der Waals surface area contributed by atoms with E-state index in [1.165, 1.54) is 5.56 Å². The second-order valence-corrected chi connectivity index (χ2v) is 13.8. The minimum atomic E-state index is -0.376. The fourth-order valence-corrected chi connectivity index (χ4v) is 5.68. The number of nitrogens with one attached hydrogen (secondary N) is 1. The van der Waals surface area contributed by atoms with Crippen molar-refractivity contribution in [3.8, 4) is 5.75 Å². The van der Waals surface area contributed by atoms with Crippen molar-refractivity contribution < 1.29 is 9.84 Å². The highest BCUT2D eigenvalue weighted by atomic mass is 16.5. The number of aliphatic hydroxyl groups excluding tert-OH is 1. The van der Waals surface area contributed by atoms with Crippen molar-refractivity contribution in [2.45, 2.75) is 91.5 Å². The van der Waals surface area contributed by atoms with Crippen molar-refractivity contribution >= 4 is 0 Å². The highest BCUT2D eigenvalue weighted by Crippen LogP contribution is 2.50. The SMILES string of the molecule is COc1ccc(CC23CN(C(C)(C)C)CC(CNC(C)(C)C)(CN(C(C)(C)C)C2)C3O)cc1. The average molecular weight is 460 g/mol. The third kappa shape index (κ3) is 5.75. The molecule has 5 heteroatoms. The molecule has 0 radical (unpaired) electrons. The van der Waals surface area contributed by atoms with Gasteiger partial charge in [-0.15, -0.1) is 0 Å². The lowest BCUT2D eigenvalue weighted by Crippen LogP contribution is -2.77. The standard InChI is InChI=1S/C28H49N3O2/c1-24(2,3)29-16-28-19-30(25(4,5)6)17-27(23(28)32,18-31(20-28)26(7,8)9)15-21-11-13-22(33-10)14-12-21/h11-14,23,29,32H,15-20H2,1-10H3. The van der Waals surface area contributed by atoms with E-state index in [4.69, 9.17) is 4.74 Å². The van der Waals surface area contributed by atoms with Gasteiger partial charge in [0.15, 0.2) is 0 Å². The molecule has 2 saturated heterocycles. The second kappa shape index (κ2) is 8.82. The molecule has 2 bridgehead atoms.